The van der Waals surface area contributed by atoms with Gasteiger partial charge in [-0.15, -0.1) is 0 Å². The highest BCUT2D eigenvalue weighted by Crippen LogP contribution is 2.22. The average molecular weight is 368 g/mol. The van der Waals surface area contributed by atoms with Crippen LogP contribution in [0.1, 0.15) is 16.8 Å². The lowest BCUT2D eigenvalue weighted by molar-refractivity contribution is 0.241. The van der Waals surface area contributed by atoms with Crippen molar-refractivity contribution in [3.8, 4) is 17.1 Å². The predicted octanol–water partition coefficient (Wildman–Crippen LogP) is 3.35. The Morgan fingerprint density at radius 3 is 2.77 bits per heavy atom. The molecule has 2 N–H and O–H groups in total. The molecule has 4 rings (SSSR count). The molecule has 1 aliphatic rings. The van der Waals surface area contributed by atoms with E-state index in [1.165, 1.54) is 0 Å². The molecule has 3 aromatic rings. The van der Waals surface area contributed by atoms with Crippen LogP contribution in [0.3, 0.4) is 0 Å². The van der Waals surface area contributed by atoms with Crippen LogP contribution in [0.2, 0.25) is 5.02 Å². The van der Waals surface area contributed by atoms with Crippen LogP contribution < -0.4 is 5.56 Å². The third-order valence-electron chi connectivity index (χ3n) is 4.58. The molecule has 0 amide bonds. The number of aromatic nitrogens is 2. The molecule has 0 saturated heterocycles. The lowest BCUT2D eigenvalue weighted by Gasteiger charge is -2.27. The van der Waals surface area contributed by atoms with Gasteiger partial charge in [-0.25, -0.2) is 4.98 Å². The van der Waals surface area contributed by atoms with Gasteiger partial charge in [-0.3, -0.25) is 9.69 Å². The van der Waals surface area contributed by atoms with E-state index in [4.69, 9.17) is 11.6 Å². The molecule has 2 aromatic carbocycles. The summed E-state index contributed by atoms with van der Waals surface area (Å²) in [5.41, 5.74) is 3.34. The van der Waals surface area contributed by atoms with Gasteiger partial charge in [0, 0.05) is 36.6 Å². The number of aromatic amines is 1. The number of hydrogen-bond acceptors (Lipinski definition) is 4. The van der Waals surface area contributed by atoms with Crippen LogP contribution in [-0.2, 0) is 19.5 Å². The number of benzene rings is 2. The lowest BCUT2D eigenvalue weighted by Crippen LogP contribution is -2.35. The van der Waals surface area contributed by atoms with Gasteiger partial charge in [0.25, 0.3) is 5.56 Å². The summed E-state index contributed by atoms with van der Waals surface area (Å²) in [6.07, 6.45) is 0.721. The van der Waals surface area contributed by atoms with Crippen molar-refractivity contribution >= 4 is 11.6 Å². The van der Waals surface area contributed by atoms with Gasteiger partial charge in [-0.1, -0.05) is 23.7 Å². The first-order valence-electron chi connectivity index (χ1n) is 8.47. The van der Waals surface area contributed by atoms with Crippen LogP contribution in [0.25, 0.3) is 11.4 Å². The molecule has 5 nitrogen and oxygen atoms in total. The molecule has 6 heteroatoms. The summed E-state index contributed by atoms with van der Waals surface area (Å²) in [5, 5.41) is 10.3. The summed E-state index contributed by atoms with van der Waals surface area (Å²) in [6.45, 7) is 2.06. The van der Waals surface area contributed by atoms with Crippen LogP contribution >= 0.6 is 11.6 Å². The normalized spacial score (nSPS) is 14.2. The second-order valence-electron chi connectivity index (χ2n) is 6.48. The fraction of sp³-hybridized carbons (Fsp3) is 0.200. The quantitative estimate of drug-likeness (QED) is 0.744. The number of aromatic hydroxyl groups is 1. The molecule has 0 atom stereocenters. The third kappa shape index (κ3) is 3.49. The van der Waals surface area contributed by atoms with Crippen molar-refractivity contribution in [2.45, 2.75) is 19.5 Å². The van der Waals surface area contributed by atoms with Crippen LogP contribution in [0.4, 0.5) is 0 Å². The predicted molar refractivity (Wildman–Crippen MR) is 101 cm³/mol. The molecule has 0 fully saturated rings. The van der Waals surface area contributed by atoms with Gasteiger partial charge in [-0.05, 0) is 42.0 Å². The molecule has 132 valence electrons. The highest BCUT2D eigenvalue weighted by molar-refractivity contribution is 6.30. The van der Waals surface area contributed by atoms with Crippen molar-refractivity contribution in [3.63, 3.8) is 0 Å². The second kappa shape index (κ2) is 6.94. The van der Waals surface area contributed by atoms with Crippen LogP contribution in [0.15, 0.2) is 53.3 Å². The first kappa shape index (κ1) is 16.8. The summed E-state index contributed by atoms with van der Waals surface area (Å²) in [4.78, 5) is 22.3. The number of halogens is 1. The van der Waals surface area contributed by atoms with Gasteiger partial charge in [0.2, 0.25) is 0 Å². The lowest BCUT2D eigenvalue weighted by atomic mass is 10.1. The van der Waals surface area contributed by atoms with Crippen LogP contribution in [0, 0.1) is 0 Å². The van der Waals surface area contributed by atoms with Crippen LogP contribution in [-0.4, -0.2) is 26.5 Å². The Bertz CT molecular complexity index is 999. The number of fused-ring (bicyclic) bond motifs is 1. The van der Waals surface area contributed by atoms with E-state index in [0.29, 0.717) is 29.5 Å². The molecule has 2 heterocycles. The SMILES string of the molecule is O=c1[nH]c(-c2ccc(Cl)cc2)nc2c1CN(Cc1cccc(O)c1)CC2. The Morgan fingerprint density at radius 1 is 1.19 bits per heavy atom. The van der Waals surface area contributed by atoms with Gasteiger partial charge in [0.15, 0.2) is 0 Å². The highest BCUT2D eigenvalue weighted by atomic mass is 35.5. The monoisotopic (exact) mass is 367 g/mol. The van der Waals surface area contributed by atoms with E-state index in [-0.39, 0.29) is 11.3 Å². The number of hydrogen-bond donors (Lipinski definition) is 2. The minimum absolute atomic E-state index is 0.0967. The van der Waals surface area contributed by atoms with Gasteiger partial charge >= 0.3 is 0 Å². The minimum atomic E-state index is -0.0967. The molecule has 0 radical (unpaired) electrons. The average Bonchev–Trinajstić information content (AvgIpc) is 2.63. The van der Waals surface area contributed by atoms with E-state index in [1.807, 2.05) is 24.3 Å². The van der Waals surface area contributed by atoms with Crippen LogP contribution in [0.5, 0.6) is 5.75 Å². The number of phenolic OH excluding ortho intramolecular Hbond substituents is 1. The van der Waals surface area contributed by atoms with E-state index >= 15 is 0 Å². The van der Waals surface area contributed by atoms with E-state index < -0.39 is 0 Å². The zero-order valence-electron chi connectivity index (χ0n) is 14.1. The largest absolute Gasteiger partial charge is 0.508 e. The second-order valence-corrected chi connectivity index (χ2v) is 6.91. The molecular formula is C20H18ClN3O2. The molecule has 0 saturated carbocycles. The standard InChI is InChI=1S/C20H18ClN3O2/c21-15-6-4-14(5-7-15)19-22-18-8-9-24(12-17(18)20(26)23-19)11-13-2-1-3-16(25)10-13/h1-7,10,25H,8-9,11-12H2,(H,22,23,26). The van der Waals surface area contributed by atoms with Crippen molar-refractivity contribution in [1.29, 1.82) is 0 Å². The Balaban J connectivity index is 1.58. The molecule has 26 heavy (non-hydrogen) atoms. The van der Waals surface area contributed by atoms with Crippen molar-refractivity contribution in [3.05, 3.63) is 80.7 Å². The Kier molecular flexibility index (Phi) is 4.49. The van der Waals surface area contributed by atoms with Gasteiger partial charge in [0.05, 0.1) is 11.3 Å². The molecule has 0 bridgehead atoms. The van der Waals surface area contributed by atoms with E-state index in [1.54, 1.807) is 24.3 Å². The van der Waals surface area contributed by atoms with Gasteiger partial charge in [-0.2, -0.15) is 0 Å². The first-order chi connectivity index (χ1) is 12.6. The summed E-state index contributed by atoms with van der Waals surface area (Å²) < 4.78 is 0. The first-order valence-corrected chi connectivity index (χ1v) is 8.84. The number of phenols is 1. The number of nitrogens with zero attached hydrogens (tertiary/aromatic N) is 2. The summed E-state index contributed by atoms with van der Waals surface area (Å²) in [7, 11) is 0. The van der Waals surface area contributed by atoms with Crippen molar-refractivity contribution in [1.82, 2.24) is 14.9 Å². The topological polar surface area (TPSA) is 69.2 Å². The Labute approximate surface area is 155 Å². The number of rotatable bonds is 3. The Hall–Kier alpha value is -2.63. The molecular weight excluding hydrogens is 350 g/mol. The maximum absolute atomic E-state index is 12.6. The van der Waals surface area contributed by atoms with Crippen molar-refractivity contribution < 1.29 is 5.11 Å². The maximum Gasteiger partial charge on any atom is 0.255 e. The molecule has 0 unspecified atom stereocenters. The summed E-state index contributed by atoms with van der Waals surface area (Å²) in [5.74, 6) is 0.832. The molecule has 0 aliphatic carbocycles. The van der Waals surface area contributed by atoms with Crippen molar-refractivity contribution in [2.24, 2.45) is 0 Å². The number of H-pyrrole nitrogens is 1. The molecule has 1 aliphatic heterocycles. The smallest absolute Gasteiger partial charge is 0.255 e. The van der Waals surface area contributed by atoms with Gasteiger partial charge in [0.1, 0.15) is 11.6 Å². The van der Waals surface area contributed by atoms with E-state index in [9.17, 15) is 9.90 Å². The third-order valence-corrected chi connectivity index (χ3v) is 4.83. The maximum atomic E-state index is 12.6. The highest BCUT2D eigenvalue weighted by Gasteiger charge is 2.21. The fourth-order valence-corrected chi connectivity index (χ4v) is 3.40. The van der Waals surface area contributed by atoms with Crippen molar-refractivity contribution in [2.75, 3.05) is 6.54 Å². The van der Waals surface area contributed by atoms with E-state index in [0.717, 1.165) is 29.8 Å². The summed E-state index contributed by atoms with van der Waals surface area (Å²) in [6, 6.07) is 14.5. The number of nitrogens with one attached hydrogen (secondary N) is 1. The fourth-order valence-electron chi connectivity index (χ4n) is 3.27. The van der Waals surface area contributed by atoms with Gasteiger partial charge < -0.3 is 10.1 Å². The minimum Gasteiger partial charge on any atom is -0.508 e. The Morgan fingerprint density at radius 2 is 2.00 bits per heavy atom. The summed E-state index contributed by atoms with van der Waals surface area (Å²) >= 11 is 5.92. The molecule has 1 aromatic heterocycles. The van der Waals surface area contributed by atoms with E-state index in [2.05, 4.69) is 14.9 Å². The molecule has 0 spiro atoms. The zero-order chi connectivity index (χ0) is 18.1. The zero-order valence-corrected chi connectivity index (χ0v) is 14.8.